The molecule has 0 saturated carbocycles. The summed E-state index contributed by atoms with van der Waals surface area (Å²) in [6, 6.07) is 12.7. The summed E-state index contributed by atoms with van der Waals surface area (Å²) in [5.41, 5.74) is 1.56. The van der Waals surface area contributed by atoms with Crippen molar-refractivity contribution in [3.63, 3.8) is 0 Å². The second-order valence-corrected chi connectivity index (χ2v) is 5.10. The molecule has 0 aromatic heterocycles. The van der Waals surface area contributed by atoms with E-state index in [2.05, 4.69) is 0 Å². The minimum Gasteiger partial charge on any atom is -0.497 e. The zero-order valence-corrected chi connectivity index (χ0v) is 11.7. The summed E-state index contributed by atoms with van der Waals surface area (Å²) >= 11 is 5.95. The van der Waals surface area contributed by atoms with Gasteiger partial charge in [-0.2, -0.15) is 0 Å². The van der Waals surface area contributed by atoms with E-state index in [9.17, 15) is 4.79 Å². The highest BCUT2D eigenvalue weighted by Crippen LogP contribution is 2.33. The fourth-order valence-electron chi connectivity index (χ4n) is 2.32. The average molecular weight is 289 g/mol. The highest BCUT2D eigenvalue weighted by molar-refractivity contribution is 6.30. The minimum atomic E-state index is -0.490. The number of rotatable bonds is 3. The number of ketones is 1. The van der Waals surface area contributed by atoms with Crippen molar-refractivity contribution in [3.05, 3.63) is 58.6 Å². The van der Waals surface area contributed by atoms with Crippen LogP contribution in [0.3, 0.4) is 0 Å². The molecular weight excluding hydrogens is 276 g/mol. The standard InChI is InChI=1S/C16H13ClO3/c1-19-12-5-6-14-13(9-12)16(18)15(20-14)8-10-3-2-4-11(17)7-10/h2-7,9,15H,8H2,1H3/t15-/m0/s1. The van der Waals surface area contributed by atoms with Crippen molar-refractivity contribution in [1.82, 2.24) is 0 Å². The van der Waals surface area contributed by atoms with Gasteiger partial charge < -0.3 is 9.47 Å². The van der Waals surface area contributed by atoms with Crippen LogP contribution < -0.4 is 9.47 Å². The zero-order chi connectivity index (χ0) is 14.1. The molecular formula is C16H13ClO3. The van der Waals surface area contributed by atoms with Crippen LogP contribution in [-0.4, -0.2) is 19.0 Å². The lowest BCUT2D eigenvalue weighted by Crippen LogP contribution is -2.23. The summed E-state index contributed by atoms with van der Waals surface area (Å²) in [7, 11) is 1.57. The Labute approximate surface area is 122 Å². The predicted octanol–water partition coefficient (Wildman–Crippen LogP) is 3.54. The minimum absolute atomic E-state index is 0.0149. The molecule has 0 bridgehead atoms. The molecule has 0 saturated heterocycles. The van der Waals surface area contributed by atoms with Crippen LogP contribution in [0.2, 0.25) is 5.02 Å². The molecule has 0 spiro atoms. The lowest BCUT2D eigenvalue weighted by atomic mass is 10.0. The normalized spacial score (nSPS) is 16.7. The van der Waals surface area contributed by atoms with Crippen molar-refractivity contribution in [1.29, 1.82) is 0 Å². The first-order valence-corrected chi connectivity index (χ1v) is 6.68. The van der Waals surface area contributed by atoms with Gasteiger partial charge in [-0.25, -0.2) is 0 Å². The Hall–Kier alpha value is -2.00. The number of Topliss-reactive ketones (excluding diaryl/α,β-unsaturated/α-hetero) is 1. The van der Waals surface area contributed by atoms with Gasteiger partial charge in [-0.15, -0.1) is 0 Å². The van der Waals surface area contributed by atoms with Gasteiger partial charge in [-0.05, 0) is 35.9 Å². The van der Waals surface area contributed by atoms with Gasteiger partial charge in [0, 0.05) is 11.4 Å². The van der Waals surface area contributed by atoms with E-state index in [0.717, 1.165) is 5.56 Å². The molecule has 102 valence electrons. The maximum absolute atomic E-state index is 12.3. The van der Waals surface area contributed by atoms with Gasteiger partial charge in [0.2, 0.25) is 5.78 Å². The molecule has 1 heterocycles. The van der Waals surface area contributed by atoms with Crippen molar-refractivity contribution in [2.45, 2.75) is 12.5 Å². The number of benzene rings is 2. The number of methoxy groups -OCH3 is 1. The van der Waals surface area contributed by atoms with Gasteiger partial charge in [0.15, 0.2) is 6.10 Å². The van der Waals surface area contributed by atoms with E-state index in [1.54, 1.807) is 25.3 Å². The van der Waals surface area contributed by atoms with Crippen molar-refractivity contribution in [3.8, 4) is 11.5 Å². The summed E-state index contributed by atoms with van der Waals surface area (Å²) in [4.78, 5) is 12.3. The number of fused-ring (bicyclic) bond motifs is 1. The average Bonchev–Trinajstić information content (AvgIpc) is 2.75. The Morgan fingerprint density at radius 1 is 1.25 bits per heavy atom. The van der Waals surface area contributed by atoms with E-state index < -0.39 is 6.10 Å². The number of ether oxygens (including phenoxy) is 2. The van der Waals surface area contributed by atoms with Crippen molar-refractivity contribution >= 4 is 17.4 Å². The molecule has 3 nitrogen and oxygen atoms in total. The second kappa shape index (κ2) is 5.17. The van der Waals surface area contributed by atoms with Gasteiger partial charge >= 0.3 is 0 Å². The Balaban J connectivity index is 1.83. The molecule has 0 radical (unpaired) electrons. The van der Waals surface area contributed by atoms with Crippen molar-refractivity contribution in [2.75, 3.05) is 7.11 Å². The fraction of sp³-hybridized carbons (Fsp3) is 0.188. The molecule has 1 atom stereocenters. The summed E-state index contributed by atoms with van der Waals surface area (Å²) in [5.74, 6) is 1.26. The summed E-state index contributed by atoms with van der Waals surface area (Å²) < 4.78 is 10.8. The Morgan fingerprint density at radius 2 is 2.10 bits per heavy atom. The molecule has 2 aromatic rings. The molecule has 0 aliphatic carbocycles. The summed E-state index contributed by atoms with van der Waals surface area (Å²) in [5, 5.41) is 0.659. The van der Waals surface area contributed by atoms with E-state index in [-0.39, 0.29) is 5.78 Å². The third kappa shape index (κ3) is 2.37. The molecule has 0 amide bonds. The van der Waals surface area contributed by atoms with E-state index >= 15 is 0 Å². The first kappa shape index (κ1) is 13.0. The first-order chi connectivity index (χ1) is 9.67. The van der Waals surface area contributed by atoms with E-state index in [1.165, 1.54) is 0 Å². The third-order valence-corrected chi connectivity index (χ3v) is 3.56. The first-order valence-electron chi connectivity index (χ1n) is 6.31. The number of carbonyl (C=O) groups excluding carboxylic acids is 1. The molecule has 2 aromatic carbocycles. The maximum atomic E-state index is 12.3. The van der Waals surface area contributed by atoms with Crippen molar-refractivity contribution in [2.24, 2.45) is 0 Å². The van der Waals surface area contributed by atoms with E-state index in [1.807, 2.05) is 24.3 Å². The van der Waals surface area contributed by atoms with Crippen LogP contribution in [0.1, 0.15) is 15.9 Å². The van der Waals surface area contributed by atoms with E-state index in [4.69, 9.17) is 21.1 Å². The van der Waals surface area contributed by atoms with Crippen LogP contribution in [0.5, 0.6) is 11.5 Å². The highest BCUT2D eigenvalue weighted by Gasteiger charge is 2.32. The molecule has 0 unspecified atom stereocenters. The molecule has 4 heteroatoms. The Bertz CT molecular complexity index is 667. The summed E-state index contributed by atoms with van der Waals surface area (Å²) in [6.07, 6.45) is 0.0201. The Morgan fingerprint density at radius 3 is 2.85 bits per heavy atom. The molecule has 3 rings (SSSR count). The van der Waals surface area contributed by atoms with Gasteiger partial charge in [0.05, 0.1) is 12.7 Å². The van der Waals surface area contributed by atoms with Crippen LogP contribution in [0.15, 0.2) is 42.5 Å². The quantitative estimate of drug-likeness (QED) is 0.867. The van der Waals surface area contributed by atoms with Crippen LogP contribution in [0.25, 0.3) is 0 Å². The third-order valence-electron chi connectivity index (χ3n) is 3.32. The highest BCUT2D eigenvalue weighted by atomic mass is 35.5. The van der Waals surface area contributed by atoms with Crippen LogP contribution in [0, 0.1) is 0 Å². The van der Waals surface area contributed by atoms with E-state index in [0.29, 0.717) is 28.5 Å². The molecule has 0 fully saturated rings. The largest absolute Gasteiger partial charge is 0.497 e. The van der Waals surface area contributed by atoms with Gasteiger partial charge in [-0.3, -0.25) is 4.79 Å². The molecule has 1 aliphatic heterocycles. The predicted molar refractivity (Wildman–Crippen MR) is 76.9 cm³/mol. The monoisotopic (exact) mass is 288 g/mol. The van der Waals surface area contributed by atoms with Crippen LogP contribution >= 0.6 is 11.6 Å². The number of carbonyl (C=O) groups is 1. The number of hydrogen-bond acceptors (Lipinski definition) is 3. The van der Waals surface area contributed by atoms with Crippen LogP contribution in [-0.2, 0) is 6.42 Å². The Kier molecular flexibility index (Phi) is 3.36. The lowest BCUT2D eigenvalue weighted by Gasteiger charge is -2.09. The van der Waals surface area contributed by atoms with Gasteiger partial charge in [0.25, 0.3) is 0 Å². The molecule has 20 heavy (non-hydrogen) atoms. The number of hydrogen-bond donors (Lipinski definition) is 0. The fourth-order valence-corrected chi connectivity index (χ4v) is 2.54. The number of halogens is 1. The molecule has 0 N–H and O–H groups in total. The summed E-state index contributed by atoms with van der Waals surface area (Å²) in [6.45, 7) is 0. The second-order valence-electron chi connectivity index (χ2n) is 4.67. The van der Waals surface area contributed by atoms with Gasteiger partial charge in [-0.1, -0.05) is 23.7 Å². The van der Waals surface area contributed by atoms with Gasteiger partial charge in [0.1, 0.15) is 11.5 Å². The topological polar surface area (TPSA) is 35.5 Å². The van der Waals surface area contributed by atoms with Crippen LogP contribution in [0.4, 0.5) is 0 Å². The van der Waals surface area contributed by atoms with Crippen molar-refractivity contribution < 1.29 is 14.3 Å². The smallest absolute Gasteiger partial charge is 0.207 e. The lowest BCUT2D eigenvalue weighted by molar-refractivity contribution is 0.0857. The zero-order valence-electron chi connectivity index (χ0n) is 10.9. The SMILES string of the molecule is COc1ccc2c(c1)C(=O)[C@H](Cc1cccc(Cl)c1)O2. The maximum Gasteiger partial charge on any atom is 0.207 e. The molecule has 1 aliphatic rings.